The van der Waals surface area contributed by atoms with Crippen LogP contribution in [0.5, 0.6) is 0 Å². The molecule has 0 spiro atoms. The summed E-state index contributed by atoms with van der Waals surface area (Å²) < 4.78 is 0.664. The van der Waals surface area contributed by atoms with E-state index in [0.29, 0.717) is 8.74 Å². The Balaban J connectivity index is 2.18. The Bertz CT molecular complexity index is 244. The van der Waals surface area contributed by atoms with Crippen molar-refractivity contribution in [2.24, 2.45) is 11.3 Å². The maximum absolute atomic E-state index is 2.78. The van der Waals surface area contributed by atoms with Gasteiger partial charge in [-0.2, -0.15) is 0 Å². The largest absolute Gasteiger partial charge is 0.140 e. The van der Waals surface area contributed by atoms with Crippen LogP contribution in [0.15, 0.2) is 0 Å². The Morgan fingerprint density at radius 3 is 2.58 bits per heavy atom. The molecule has 0 nitrogen and oxygen atoms in total. The van der Waals surface area contributed by atoms with Gasteiger partial charge >= 0.3 is 0 Å². The maximum Gasteiger partial charge on any atom is 0.140 e. The monoisotopic (exact) mass is 376 g/mol. The molecule has 0 N–H and O–H groups in total. The number of rotatable bonds is 8. The summed E-state index contributed by atoms with van der Waals surface area (Å²) in [6, 6.07) is 0. The van der Waals surface area contributed by atoms with E-state index in [9.17, 15) is 0 Å². The van der Waals surface area contributed by atoms with Crippen molar-refractivity contribution in [3.8, 4) is 0 Å². The quantitative estimate of drug-likeness (QED) is 0.205. The van der Waals surface area contributed by atoms with Crippen molar-refractivity contribution >= 4 is 29.9 Å². The van der Waals surface area contributed by atoms with Crippen molar-refractivity contribution in [2.45, 2.75) is 95.1 Å². The number of halogens is 1. The van der Waals surface area contributed by atoms with E-state index < -0.39 is 0 Å². The number of unbranched alkanes of at least 4 members (excludes halogenated alkanes) is 1. The van der Waals surface area contributed by atoms with Crippen LogP contribution in [-0.4, -0.2) is 10.6 Å². The lowest BCUT2D eigenvalue weighted by Crippen LogP contribution is -2.31. The molecule has 1 heterocycles. The zero-order valence-corrected chi connectivity index (χ0v) is 15.9. The molecule has 0 aromatic rings. The average Bonchev–Trinajstić information content (AvgIpc) is 2.35. The molecule has 0 saturated carbocycles. The average molecular weight is 376 g/mol. The molecule has 19 heavy (non-hydrogen) atoms. The molecule has 1 aliphatic heterocycles. The molecular formula is C17H34BI. The van der Waals surface area contributed by atoms with E-state index in [-0.39, 0.29) is 0 Å². The van der Waals surface area contributed by atoms with Crippen molar-refractivity contribution in [3.63, 3.8) is 0 Å². The van der Waals surface area contributed by atoms with E-state index in [1.165, 1.54) is 71.4 Å². The van der Waals surface area contributed by atoms with E-state index in [4.69, 9.17) is 0 Å². The van der Waals surface area contributed by atoms with E-state index in [2.05, 4.69) is 50.3 Å². The highest BCUT2D eigenvalue weighted by molar-refractivity contribution is 14.1. The van der Waals surface area contributed by atoms with Crippen molar-refractivity contribution in [3.05, 3.63) is 0 Å². The van der Waals surface area contributed by atoms with Crippen LogP contribution in [-0.2, 0) is 0 Å². The number of hydrogen-bond donors (Lipinski definition) is 0. The number of alkyl halides is 1. The second-order valence-corrected chi connectivity index (χ2v) is 10.1. The predicted molar refractivity (Wildman–Crippen MR) is 98.9 cm³/mol. The van der Waals surface area contributed by atoms with Crippen LogP contribution in [0.4, 0.5) is 0 Å². The second kappa shape index (κ2) is 8.29. The van der Waals surface area contributed by atoms with Crippen LogP contribution >= 0.6 is 22.6 Å². The van der Waals surface area contributed by atoms with Gasteiger partial charge in [0.05, 0.1) is 0 Å². The lowest BCUT2D eigenvalue weighted by atomic mass is 9.54. The third-order valence-electron chi connectivity index (χ3n) is 5.08. The van der Waals surface area contributed by atoms with Crippen LogP contribution in [0.1, 0.15) is 85.5 Å². The first kappa shape index (κ1) is 17.8. The Morgan fingerprint density at radius 1 is 1.26 bits per heavy atom. The third-order valence-corrected chi connectivity index (χ3v) is 6.69. The summed E-state index contributed by atoms with van der Waals surface area (Å²) in [6.45, 7) is 9.67. The molecule has 0 aromatic carbocycles. The maximum atomic E-state index is 2.78. The van der Waals surface area contributed by atoms with E-state index in [0.717, 1.165) is 5.92 Å². The summed E-state index contributed by atoms with van der Waals surface area (Å²) in [5.41, 5.74) is 0.556. The van der Waals surface area contributed by atoms with Crippen LogP contribution in [0.2, 0.25) is 6.32 Å². The molecule has 2 unspecified atom stereocenters. The zero-order chi connectivity index (χ0) is 14.4. The van der Waals surface area contributed by atoms with Gasteiger partial charge < -0.3 is 0 Å². The van der Waals surface area contributed by atoms with Gasteiger partial charge in [-0.05, 0) is 40.3 Å². The first-order valence-corrected chi connectivity index (χ1v) is 9.64. The minimum absolute atomic E-state index is 0.556. The smallest absolute Gasteiger partial charge is 0.0884 e. The molecule has 0 bridgehead atoms. The molecular weight excluding hydrogens is 342 g/mol. The molecule has 1 aliphatic rings. The van der Waals surface area contributed by atoms with Crippen molar-refractivity contribution in [1.82, 2.24) is 0 Å². The lowest BCUT2D eigenvalue weighted by Gasteiger charge is -2.32. The molecule has 0 radical (unpaired) electrons. The van der Waals surface area contributed by atoms with E-state index >= 15 is 0 Å². The van der Waals surface area contributed by atoms with Gasteiger partial charge in [0.2, 0.25) is 0 Å². The summed E-state index contributed by atoms with van der Waals surface area (Å²) in [5.74, 6) is 0.893. The number of hydrogen-bond acceptors (Lipinski definition) is 0. The molecule has 2 atom stereocenters. The highest BCUT2D eigenvalue weighted by Gasteiger charge is 2.29. The van der Waals surface area contributed by atoms with Crippen LogP contribution in [0, 0.1) is 11.3 Å². The topological polar surface area (TPSA) is 0 Å². The molecule has 112 valence electrons. The summed E-state index contributed by atoms with van der Waals surface area (Å²) in [4.78, 5) is 0. The molecule has 1 fully saturated rings. The third kappa shape index (κ3) is 7.38. The van der Waals surface area contributed by atoms with E-state index in [1.54, 1.807) is 0 Å². The molecule has 0 amide bonds. The van der Waals surface area contributed by atoms with E-state index in [1.807, 2.05) is 0 Å². The minimum Gasteiger partial charge on any atom is -0.0884 e. The van der Waals surface area contributed by atoms with Gasteiger partial charge in [0.1, 0.15) is 7.28 Å². The van der Waals surface area contributed by atoms with Gasteiger partial charge in [-0.25, -0.2) is 0 Å². The Kier molecular flexibility index (Phi) is 7.79. The van der Waals surface area contributed by atoms with Crippen LogP contribution in [0.3, 0.4) is 0 Å². The first-order chi connectivity index (χ1) is 8.87. The molecule has 0 aromatic heterocycles. The van der Waals surface area contributed by atoms with Gasteiger partial charge in [0, 0.05) is 0 Å². The standard InChI is InChI=1S/C17H34BI/c1-5-15(2)14-16(3,4)10-6-7-11-17(19)12-8-9-13-18-17/h15,18H,5-14H2,1-4H3. The highest BCUT2D eigenvalue weighted by atomic mass is 127. The minimum atomic E-state index is 0.556. The van der Waals surface area contributed by atoms with Gasteiger partial charge in [0.25, 0.3) is 0 Å². The van der Waals surface area contributed by atoms with Crippen molar-refractivity contribution < 1.29 is 0 Å². The van der Waals surface area contributed by atoms with Crippen LogP contribution in [0.25, 0.3) is 0 Å². The van der Waals surface area contributed by atoms with Crippen LogP contribution < -0.4 is 0 Å². The van der Waals surface area contributed by atoms with Crippen molar-refractivity contribution in [1.29, 1.82) is 0 Å². The summed E-state index contributed by atoms with van der Waals surface area (Å²) in [6.07, 6.45) is 14.4. The fourth-order valence-electron chi connectivity index (χ4n) is 3.67. The summed E-state index contributed by atoms with van der Waals surface area (Å²) in [7, 11) is 1.48. The SMILES string of the molecule is CCC(C)CC(C)(C)CCCCC1(I)BCCCC1. The van der Waals surface area contributed by atoms with Gasteiger partial charge in [-0.3, -0.25) is 0 Å². The zero-order valence-electron chi connectivity index (χ0n) is 13.7. The Hall–Kier alpha value is 0.795. The molecule has 1 rings (SSSR count). The Labute approximate surface area is 136 Å². The lowest BCUT2D eigenvalue weighted by molar-refractivity contribution is 0.244. The first-order valence-electron chi connectivity index (χ1n) is 8.56. The summed E-state index contributed by atoms with van der Waals surface area (Å²) in [5, 5.41) is 0. The molecule has 2 heteroatoms. The molecule has 0 aliphatic carbocycles. The molecule has 1 saturated heterocycles. The summed E-state index contributed by atoms with van der Waals surface area (Å²) >= 11 is 2.78. The fourth-order valence-corrected chi connectivity index (χ4v) is 4.81. The second-order valence-electron chi connectivity index (χ2n) is 7.80. The highest BCUT2D eigenvalue weighted by Crippen LogP contribution is 2.37. The fraction of sp³-hybridized carbons (Fsp3) is 1.00. The normalized spacial score (nSPS) is 25.9. The van der Waals surface area contributed by atoms with Crippen molar-refractivity contribution in [2.75, 3.05) is 0 Å². The van der Waals surface area contributed by atoms with Gasteiger partial charge in [0.15, 0.2) is 0 Å². The van der Waals surface area contributed by atoms with Gasteiger partial charge in [-0.1, -0.05) is 88.7 Å². The van der Waals surface area contributed by atoms with Gasteiger partial charge in [-0.15, -0.1) is 0 Å². The Morgan fingerprint density at radius 2 is 2.00 bits per heavy atom. The predicted octanol–water partition coefficient (Wildman–Crippen LogP) is 6.18.